The Labute approximate surface area is 121 Å². The van der Waals surface area contributed by atoms with E-state index in [2.05, 4.69) is 20.7 Å². The molecule has 0 saturated heterocycles. The highest BCUT2D eigenvalue weighted by molar-refractivity contribution is 5.91. The molecule has 2 aromatic rings. The van der Waals surface area contributed by atoms with E-state index in [4.69, 9.17) is 0 Å². The largest absolute Gasteiger partial charge is 0.324 e. The summed E-state index contributed by atoms with van der Waals surface area (Å²) in [6.45, 7) is 1.85. The summed E-state index contributed by atoms with van der Waals surface area (Å²) in [5, 5.41) is 9.74. The van der Waals surface area contributed by atoms with Crippen LogP contribution in [0, 0.1) is 5.82 Å². The number of fused-ring (bicyclic) bond motifs is 1. The lowest BCUT2D eigenvalue weighted by molar-refractivity contribution is -0.116. The molecule has 0 unspecified atom stereocenters. The molecule has 0 saturated carbocycles. The average Bonchev–Trinajstić information content (AvgIpc) is 3.02. The van der Waals surface area contributed by atoms with E-state index in [1.165, 1.54) is 6.33 Å². The van der Waals surface area contributed by atoms with Gasteiger partial charge in [0.2, 0.25) is 5.91 Å². The van der Waals surface area contributed by atoms with Gasteiger partial charge in [-0.1, -0.05) is 6.07 Å². The first kappa shape index (κ1) is 13.7. The number of carbonyl (C=O) groups is 1. The molecule has 110 valence electrons. The Kier molecular flexibility index (Phi) is 3.92. The summed E-state index contributed by atoms with van der Waals surface area (Å²) in [6, 6.07) is 3.48. The van der Waals surface area contributed by atoms with E-state index in [0.717, 1.165) is 12.1 Å². The third-order valence-corrected chi connectivity index (χ3v) is 3.52. The summed E-state index contributed by atoms with van der Waals surface area (Å²) in [6.07, 6.45) is 3.82. The van der Waals surface area contributed by atoms with Crippen molar-refractivity contribution >= 4 is 11.6 Å². The Hall–Kier alpha value is -2.28. The second-order valence-corrected chi connectivity index (χ2v) is 4.95. The maximum atomic E-state index is 14.4. The lowest BCUT2D eigenvalue weighted by Gasteiger charge is -2.19. The van der Waals surface area contributed by atoms with Gasteiger partial charge in [-0.3, -0.25) is 9.48 Å². The number of benzene rings is 1. The first-order valence-corrected chi connectivity index (χ1v) is 6.87. The van der Waals surface area contributed by atoms with Crippen LogP contribution in [0.2, 0.25) is 0 Å². The number of aromatic nitrogens is 3. The fraction of sp³-hybridized carbons (Fsp3) is 0.357. The number of carbonyl (C=O) groups excluding carboxylic acids is 1. The minimum atomic E-state index is -0.317. The number of aryl methyl sites for hydroxylation is 1. The third-order valence-electron chi connectivity index (χ3n) is 3.52. The molecule has 1 aliphatic rings. The number of nitrogens with one attached hydrogen (secondary N) is 2. The van der Waals surface area contributed by atoms with Crippen LogP contribution in [0.15, 0.2) is 24.8 Å². The fourth-order valence-electron chi connectivity index (χ4n) is 2.41. The molecule has 0 radical (unpaired) electrons. The van der Waals surface area contributed by atoms with Crippen molar-refractivity contribution in [2.45, 2.75) is 25.9 Å². The Morgan fingerprint density at radius 3 is 3.19 bits per heavy atom. The summed E-state index contributed by atoms with van der Waals surface area (Å²) < 4.78 is 15.9. The van der Waals surface area contributed by atoms with Gasteiger partial charge in [-0.15, -0.1) is 0 Å². The van der Waals surface area contributed by atoms with Crippen LogP contribution in [0.5, 0.6) is 0 Å². The van der Waals surface area contributed by atoms with Crippen LogP contribution >= 0.6 is 0 Å². The smallest absolute Gasteiger partial charge is 0.226 e. The molecule has 0 atom stereocenters. The van der Waals surface area contributed by atoms with Gasteiger partial charge in [0.25, 0.3) is 0 Å². The molecule has 6 nitrogen and oxygen atoms in total. The lowest BCUT2D eigenvalue weighted by Crippen LogP contribution is -2.25. The Morgan fingerprint density at radius 1 is 1.48 bits per heavy atom. The molecule has 1 aromatic carbocycles. The summed E-state index contributed by atoms with van der Waals surface area (Å²) in [4.78, 5) is 15.7. The first-order valence-electron chi connectivity index (χ1n) is 6.87. The van der Waals surface area contributed by atoms with Crippen molar-refractivity contribution in [2.24, 2.45) is 0 Å². The van der Waals surface area contributed by atoms with Crippen molar-refractivity contribution in [1.29, 1.82) is 0 Å². The minimum Gasteiger partial charge on any atom is -0.324 e. The minimum absolute atomic E-state index is 0.224. The molecule has 0 fully saturated rings. The van der Waals surface area contributed by atoms with Crippen molar-refractivity contribution in [2.75, 3.05) is 11.9 Å². The molecular formula is C14H16FN5O. The van der Waals surface area contributed by atoms with Crippen LogP contribution in [0.3, 0.4) is 0 Å². The predicted octanol–water partition coefficient (Wildman–Crippen LogP) is 1.09. The average molecular weight is 289 g/mol. The Balaban J connectivity index is 1.65. The van der Waals surface area contributed by atoms with Crippen LogP contribution in [-0.4, -0.2) is 27.2 Å². The molecule has 1 amide bonds. The topological polar surface area (TPSA) is 71.8 Å². The van der Waals surface area contributed by atoms with Gasteiger partial charge in [-0.2, -0.15) is 5.10 Å². The quantitative estimate of drug-likeness (QED) is 0.884. The van der Waals surface area contributed by atoms with Crippen molar-refractivity contribution in [1.82, 2.24) is 20.1 Å². The van der Waals surface area contributed by atoms with Crippen LogP contribution in [-0.2, 0) is 24.3 Å². The highest BCUT2D eigenvalue weighted by atomic mass is 19.1. The van der Waals surface area contributed by atoms with Crippen molar-refractivity contribution in [3.8, 4) is 0 Å². The molecule has 1 aliphatic heterocycles. The molecule has 2 heterocycles. The molecule has 21 heavy (non-hydrogen) atoms. The summed E-state index contributed by atoms with van der Waals surface area (Å²) >= 11 is 0. The van der Waals surface area contributed by atoms with E-state index >= 15 is 0 Å². The second kappa shape index (κ2) is 6.01. The zero-order valence-electron chi connectivity index (χ0n) is 11.5. The van der Waals surface area contributed by atoms with Crippen molar-refractivity contribution < 1.29 is 9.18 Å². The van der Waals surface area contributed by atoms with Crippen LogP contribution in [0.25, 0.3) is 0 Å². The maximum absolute atomic E-state index is 14.4. The number of hydrogen-bond donors (Lipinski definition) is 2. The number of anilines is 1. The van der Waals surface area contributed by atoms with Gasteiger partial charge in [0.1, 0.15) is 18.5 Å². The zero-order chi connectivity index (χ0) is 14.7. The van der Waals surface area contributed by atoms with Gasteiger partial charge < -0.3 is 10.6 Å². The first-order chi connectivity index (χ1) is 10.2. The SMILES string of the molecule is O=C(CCn1cncn1)Nc1ccc2c(c1F)CCNC2. The number of nitrogens with zero attached hydrogens (tertiary/aromatic N) is 3. The van der Waals surface area contributed by atoms with Crippen LogP contribution in [0.1, 0.15) is 17.5 Å². The third kappa shape index (κ3) is 3.08. The van der Waals surface area contributed by atoms with Crippen LogP contribution in [0.4, 0.5) is 10.1 Å². The van der Waals surface area contributed by atoms with Crippen molar-refractivity contribution in [3.05, 3.63) is 41.7 Å². The highest BCUT2D eigenvalue weighted by Crippen LogP contribution is 2.24. The number of hydrogen-bond acceptors (Lipinski definition) is 4. The monoisotopic (exact) mass is 289 g/mol. The van der Waals surface area contributed by atoms with E-state index in [1.807, 2.05) is 6.07 Å². The van der Waals surface area contributed by atoms with E-state index in [1.54, 1.807) is 17.1 Å². The molecule has 0 spiro atoms. The molecule has 0 aliphatic carbocycles. The van der Waals surface area contributed by atoms with Gasteiger partial charge in [-0.05, 0) is 30.2 Å². The van der Waals surface area contributed by atoms with E-state index in [9.17, 15) is 9.18 Å². The van der Waals surface area contributed by atoms with Crippen molar-refractivity contribution in [3.63, 3.8) is 0 Å². The zero-order valence-corrected chi connectivity index (χ0v) is 11.5. The highest BCUT2D eigenvalue weighted by Gasteiger charge is 2.17. The van der Waals surface area contributed by atoms with E-state index in [0.29, 0.717) is 25.1 Å². The number of halogens is 1. The molecule has 2 N–H and O–H groups in total. The molecule has 7 heteroatoms. The lowest BCUT2D eigenvalue weighted by atomic mass is 9.99. The van der Waals surface area contributed by atoms with Crippen LogP contribution < -0.4 is 10.6 Å². The van der Waals surface area contributed by atoms with Gasteiger partial charge >= 0.3 is 0 Å². The number of rotatable bonds is 4. The molecule has 0 bridgehead atoms. The van der Waals surface area contributed by atoms with E-state index in [-0.39, 0.29) is 23.8 Å². The fourth-order valence-corrected chi connectivity index (χ4v) is 2.41. The summed E-state index contributed by atoms with van der Waals surface area (Å²) in [5.74, 6) is -0.554. The standard InChI is InChI=1S/C14H16FN5O/c15-14-11-3-5-16-7-10(11)1-2-12(14)19-13(21)4-6-20-9-17-8-18-20/h1-2,8-9,16H,3-7H2,(H,19,21). The number of amides is 1. The summed E-state index contributed by atoms with van der Waals surface area (Å²) in [5.41, 5.74) is 1.90. The summed E-state index contributed by atoms with van der Waals surface area (Å²) in [7, 11) is 0. The Morgan fingerprint density at radius 2 is 2.38 bits per heavy atom. The predicted molar refractivity (Wildman–Crippen MR) is 75.1 cm³/mol. The normalized spacial score (nSPS) is 13.8. The Bertz CT molecular complexity index is 641. The van der Waals surface area contributed by atoms with Gasteiger partial charge in [-0.25, -0.2) is 9.37 Å². The molecule has 3 rings (SSSR count). The molecular weight excluding hydrogens is 273 g/mol. The molecule has 1 aromatic heterocycles. The van der Waals surface area contributed by atoms with Gasteiger partial charge in [0.15, 0.2) is 0 Å². The van der Waals surface area contributed by atoms with Gasteiger partial charge in [0, 0.05) is 13.0 Å². The van der Waals surface area contributed by atoms with E-state index < -0.39 is 0 Å². The maximum Gasteiger partial charge on any atom is 0.226 e. The van der Waals surface area contributed by atoms with Gasteiger partial charge in [0.05, 0.1) is 12.2 Å². The second-order valence-electron chi connectivity index (χ2n) is 4.95.